The zero-order chi connectivity index (χ0) is 21.4. The molecule has 4 rings (SSSR count). The Morgan fingerprint density at radius 1 is 1.07 bits per heavy atom. The molecule has 0 aliphatic rings. The number of nitrogens with zero attached hydrogens (tertiary/aromatic N) is 2. The lowest BCUT2D eigenvalue weighted by Gasteiger charge is -2.13. The van der Waals surface area contributed by atoms with Crippen LogP contribution in [0.2, 0.25) is 0 Å². The Labute approximate surface area is 175 Å². The molecule has 4 aromatic rings. The van der Waals surface area contributed by atoms with E-state index in [1.54, 1.807) is 10.8 Å². The monoisotopic (exact) mass is 401 g/mol. The highest BCUT2D eigenvalue weighted by Crippen LogP contribution is 2.29. The average Bonchev–Trinajstić information content (AvgIpc) is 3.03. The first-order valence-corrected chi connectivity index (χ1v) is 10.4. The number of hydrogen-bond donors (Lipinski definition) is 1. The number of rotatable bonds is 5. The van der Waals surface area contributed by atoms with Crippen molar-refractivity contribution in [3.63, 3.8) is 0 Å². The molecule has 0 bridgehead atoms. The van der Waals surface area contributed by atoms with E-state index in [0.29, 0.717) is 23.0 Å². The molecule has 0 atom stereocenters. The summed E-state index contributed by atoms with van der Waals surface area (Å²) in [6, 6.07) is 15.7. The third kappa shape index (κ3) is 3.41. The molecule has 2 aromatic heterocycles. The van der Waals surface area contributed by atoms with Gasteiger partial charge in [0.05, 0.1) is 5.56 Å². The number of hydrogen-bond acceptors (Lipinski definition) is 2. The Hall–Kier alpha value is -3.34. The first-order chi connectivity index (χ1) is 14.4. The van der Waals surface area contributed by atoms with Crippen molar-refractivity contribution >= 4 is 33.4 Å². The fraction of sp³-hybridized carbons (Fsp3) is 0.280. The highest BCUT2D eigenvalue weighted by atomic mass is 16.2. The van der Waals surface area contributed by atoms with Gasteiger partial charge in [-0.15, -0.1) is 0 Å². The number of aryl methyl sites for hydroxylation is 2. The van der Waals surface area contributed by atoms with E-state index in [2.05, 4.69) is 26.1 Å². The van der Waals surface area contributed by atoms with Crippen molar-refractivity contribution in [2.75, 3.05) is 5.32 Å². The summed E-state index contributed by atoms with van der Waals surface area (Å²) in [7, 11) is 1.89. The molecule has 1 N–H and O–H groups in total. The van der Waals surface area contributed by atoms with E-state index >= 15 is 0 Å². The van der Waals surface area contributed by atoms with Crippen molar-refractivity contribution in [2.24, 2.45) is 13.0 Å². The molecule has 0 radical (unpaired) electrons. The van der Waals surface area contributed by atoms with Crippen molar-refractivity contribution in [1.29, 1.82) is 0 Å². The molecule has 30 heavy (non-hydrogen) atoms. The van der Waals surface area contributed by atoms with E-state index in [-0.39, 0.29) is 17.4 Å². The molecule has 0 aliphatic heterocycles. The summed E-state index contributed by atoms with van der Waals surface area (Å²) < 4.78 is 3.57. The third-order valence-corrected chi connectivity index (χ3v) is 5.55. The van der Waals surface area contributed by atoms with Gasteiger partial charge in [0.25, 0.3) is 11.5 Å². The topological polar surface area (TPSA) is 56.0 Å². The van der Waals surface area contributed by atoms with Gasteiger partial charge in [-0.05, 0) is 36.1 Å². The number of amides is 1. The predicted molar refractivity (Wildman–Crippen MR) is 123 cm³/mol. The fourth-order valence-corrected chi connectivity index (χ4v) is 4.05. The molecule has 1 amide bonds. The van der Waals surface area contributed by atoms with E-state index in [1.165, 1.54) is 5.56 Å². The van der Waals surface area contributed by atoms with Crippen LogP contribution >= 0.6 is 0 Å². The highest BCUT2D eigenvalue weighted by Gasteiger charge is 2.21. The lowest BCUT2D eigenvalue weighted by atomic mass is 10.1. The van der Waals surface area contributed by atoms with Gasteiger partial charge in [0.2, 0.25) is 0 Å². The minimum absolute atomic E-state index is 0.0683. The minimum Gasteiger partial charge on any atom is -0.339 e. The highest BCUT2D eigenvalue weighted by molar-refractivity contribution is 6.20. The number of benzene rings is 2. The van der Waals surface area contributed by atoms with Crippen LogP contribution in [0.4, 0.5) is 5.69 Å². The molecule has 5 nitrogen and oxygen atoms in total. The van der Waals surface area contributed by atoms with E-state index < -0.39 is 0 Å². The number of pyridine rings is 1. The molecule has 0 unspecified atom stereocenters. The molecular formula is C25H27N3O2. The van der Waals surface area contributed by atoms with Gasteiger partial charge >= 0.3 is 0 Å². The van der Waals surface area contributed by atoms with Gasteiger partial charge < -0.3 is 14.5 Å². The molecule has 2 heterocycles. The standard InChI is InChI=1S/C25H27N3O2/c1-5-17-10-12-18(13-11-17)26-24(29)20-15-28(14-16(2)3)25(30)23-22(20)19-8-6-7-9-21(19)27(23)4/h6-13,15-16H,5,14H2,1-4H3,(H,26,29). The minimum atomic E-state index is -0.210. The van der Waals surface area contributed by atoms with Crippen LogP contribution in [0.15, 0.2) is 59.5 Å². The molecular weight excluding hydrogens is 374 g/mol. The summed E-state index contributed by atoms with van der Waals surface area (Å²) in [4.78, 5) is 26.6. The van der Waals surface area contributed by atoms with Gasteiger partial charge in [-0.25, -0.2) is 0 Å². The van der Waals surface area contributed by atoms with Crippen LogP contribution in [-0.2, 0) is 20.0 Å². The van der Waals surface area contributed by atoms with E-state index in [4.69, 9.17) is 0 Å². The van der Waals surface area contributed by atoms with Gasteiger partial charge in [-0.2, -0.15) is 0 Å². The zero-order valence-corrected chi connectivity index (χ0v) is 17.9. The Morgan fingerprint density at radius 3 is 2.43 bits per heavy atom. The quantitative estimate of drug-likeness (QED) is 0.514. The van der Waals surface area contributed by atoms with E-state index in [9.17, 15) is 9.59 Å². The Kier molecular flexibility index (Phi) is 5.20. The lowest BCUT2D eigenvalue weighted by molar-refractivity contribution is 0.102. The predicted octanol–water partition coefficient (Wildman–Crippen LogP) is 4.96. The largest absolute Gasteiger partial charge is 0.339 e. The summed E-state index contributed by atoms with van der Waals surface area (Å²) >= 11 is 0. The van der Waals surface area contributed by atoms with Gasteiger partial charge in [-0.3, -0.25) is 9.59 Å². The van der Waals surface area contributed by atoms with Gasteiger partial charge in [0.15, 0.2) is 0 Å². The second-order valence-corrected chi connectivity index (χ2v) is 8.20. The van der Waals surface area contributed by atoms with Crippen LogP contribution in [0.1, 0.15) is 36.7 Å². The number of carbonyl (C=O) groups excluding carboxylic acids is 1. The van der Waals surface area contributed by atoms with Crippen LogP contribution in [-0.4, -0.2) is 15.0 Å². The fourth-order valence-electron chi connectivity index (χ4n) is 4.05. The molecule has 2 aromatic carbocycles. The molecule has 154 valence electrons. The normalized spacial score (nSPS) is 11.5. The van der Waals surface area contributed by atoms with Crippen molar-refractivity contribution < 1.29 is 4.79 Å². The van der Waals surface area contributed by atoms with E-state index in [1.807, 2.05) is 60.1 Å². The van der Waals surface area contributed by atoms with E-state index in [0.717, 1.165) is 23.0 Å². The number of anilines is 1. The maximum atomic E-state index is 13.3. The molecule has 0 spiro atoms. The number of para-hydroxylation sites is 1. The first-order valence-electron chi connectivity index (χ1n) is 10.4. The summed E-state index contributed by atoms with van der Waals surface area (Å²) in [6.45, 7) is 6.78. The number of fused-ring (bicyclic) bond motifs is 3. The second kappa shape index (κ2) is 7.82. The third-order valence-electron chi connectivity index (χ3n) is 5.55. The van der Waals surface area contributed by atoms with Gasteiger partial charge in [-0.1, -0.05) is 51.1 Å². The van der Waals surface area contributed by atoms with Gasteiger partial charge in [0, 0.05) is 41.8 Å². The smallest absolute Gasteiger partial charge is 0.275 e. The van der Waals surface area contributed by atoms with Crippen LogP contribution in [0, 0.1) is 5.92 Å². The van der Waals surface area contributed by atoms with Gasteiger partial charge in [0.1, 0.15) is 5.52 Å². The van der Waals surface area contributed by atoms with Crippen molar-refractivity contribution in [3.05, 3.63) is 76.2 Å². The van der Waals surface area contributed by atoms with Crippen LogP contribution in [0.5, 0.6) is 0 Å². The Morgan fingerprint density at radius 2 is 1.77 bits per heavy atom. The Balaban J connectivity index is 1.92. The SMILES string of the molecule is CCc1ccc(NC(=O)c2cn(CC(C)C)c(=O)c3c2c2ccccc2n3C)cc1. The van der Waals surface area contributed by atoms with Crippen molar-refractivity contribution in [2.45, 2.75) is 33.7 Å². The van der Waals surface area contributed by atoms with Crippen molar-refractivity contribution in [3.8, 4) is 0 Å². The van der Waals surface area contributed by atoms with Crippen molar-refractivity contribution in [1.82, 2.24) is 9.13 Å². The maximum absolute atomic E-state index is 13.3. The number of aromatic nitrogens is 2. The summed E-state index contributed by atoms with van der Waals surface area (Å²) in [6.07, 6.45) is 2.66. The lowest BCUT2D eigenvalue weighted by Crippen LogP contribution is -2.26. The zero-order valence-electron chi connectivity index (χ0n) is 17.9. The summed E-state index contributed by atoms with van der Waals surface area (Å²) in [5.74, 6) is 0.0745. The van der Waals surface area contributed by atoms with Crippen LogP contribution < -0.4 is 10.9 Å². The molecule has 0 saturated carbocycles. The van der Waals surface area contributed by atoms with Crippen LogP contribution in [0.3, 0.4) is 0 Å². The second-order valence-electron chi connectivity index (χ2n) is 8.20. The summed E-state index contributed by atoms with van der Waals surface area (Å²) in [5.41, 5.74) is 3.91. The van der Waals surface area contributed by atoms with Crippen LogP contribution in [0.25, 0.3) is 21.8 Å². The first kappa shape index (κ1) is 20.0. The summed E-state index contributed by atoms with van der Waals surface area (Å²) in [5, 5.41) is 4.63. The molecule has 5 heteroatoms. The average molecular weight is 402 g/mol. The Bertz CT molecular complexity index is 1290. The molecule has 0 saturated heterocycles. The molecule has 0 aliphatic carbocycles. The number of carbonyl (C=O) groups is 1. The number of nitrogens with one attached hydrogen (secondary N) is 1. The maximum Gasteiger partial charge on any atom is 0.275 e. The molecule has 0 fully saturated rings.